The Hall–Kier alpha value is -0.590. The van der Waals surface area contributed by atoms with E-state index >= 15 is 0 Å². The highest BCUT2D eigenvalue weighted by molar-refractivity contribution is 7.99. The Kier molecular flexibility index (Phi) is 4.86. The van der Waals surface area contributed by atoms with E-state index in [1.807, 2.05) is 24.3 Å². The van der Waals surface area contributed by atoms with Crippen LogP contribution in [0, 0.1) is 0 Å². The van der Waals surface area contributed by atoms with Gasteiger partial charge in [0.05, 0.1) is 0 Å². The molecule has 0 aromatic heterocycles. The molecule has 0 saturated carbocycles. The number of ether oxygens (including phenoxy) is 1. The van der Waals surface area contributed by atoms with Crippen LogP contribution in [0.25, 0.3) is 0 Å². The van der Waals surface area contributed by atoms with Gasteiger partial charge in [-0.1, -0.05) is 31.2 Å². The average Bonchev–Trinajstić information content (AvgIpc) is 2.45. The molecule has 19 heavy (non-hydrogen) atoms. The van der Waals surface area contributed by atoms with Crippen LogP contribution >= 0.6 is 11.8 Å². The number of thioether (sulfide) groups is 1. The molecule has 0 unspecified atom stereocenters. The lowest BCUT2D eigenvalue weighted by Crippen LogP contribution is -2.52. The fourth-order valence-corrected chi connectivity index (χ4v) is 2.98. The van der Waals surface area contributed by atoms with Crippen molar-refractivity contribution in [2.75, 3.05) is 6.26 Å². The van der Waals surface area contributed by atoms with E-state index in [4.69, 9.17) is 4.74 Å². The second-order valence-electron chi connectivity index (χ2n) is 4.73. The van der Waals surface area contributed by atoms with Crippen LogP contribution in [0.15, 0.2) is 24.3 Å². The number of hydrogen-bond donors (Lipinski definition) is 3. The summed E-state index contributed by atoms with van der Waals surface area (Å²) in [6, 6.07) is 7.76. The van der Waals surface area contributed by atoms with Gasteiger partial charge in [0.15, 0.2) is 0 Å². The minimum atomic E-state index is -1.19. The van der Waals surface area contributed by atoms with Crippen LogP contribution in [0.5, 0.6) is 0 Å². The minimum absolute atomic E-state index is 0.534. The Balaban J connectivity index is 2.26. The Morgan fingerprint density at radius 3 is 2.53 bits per heavy atom. The number of benzene rings is 1. The lowest BCUT2D eigenvalue weighted by atomic mass is 9.93. The summed E-state index contributed by atoms with van der Waals surface area (Å²) < 4.78 is 5.72. The summed E-state index contributed by atoms with van der Waals surface area (Å²) in [5, 5.41) is 29.8. The first kappa shape index (κ1) is 14.8. The zero-order chi connectivity index (χ0) is 14.0. The molecule has 1 aliphatic rings. The SMILES string of the molecule is CCc1cccc([C@@H]2O[C@H](SC)[C@@H](O)[C@H](O)[C@H]2O)c1. The topological polar surface area (TPSA) is 69.9 Å². The molecule has 5 heteroatoms. The van der Waals surface area contributed by atoms with E-state index in [0.717, 1.165) is 17.5 Å². The molecule has 1 fully saturated rings. The van der Waals surface area contributed by atoms with Crippen molar-refractivity contribution in [2.45, 2.75) is 43.2 Å². The quantitative estimate of drug-likeness (QED) is 0.775. The van der Waals surface area contributed by atoms with Crippen molar-refractivity contribution in [3.63, 3.8) is 0 Å². The van der Waals surface area contributed by atoms with Crippen LogP contribution in [0.4, 0.5) is 0 Å². The molecular formula is C14H20O4S. The summed E-state index contributed by atoms with van der Waals surface area (Å²) in [5.41, 5.74) is 1.44. The van der Waals surface area contributed by atoms with Crippen LogP contribution in [0.2, 0.25) is 0 Å². The summed E-state index contributed by atoms with van der Waals surface area (Å²) >= 11 is 1.32. The first-order chi connectivity index (χ1) is 9.08. The molecule has 4 nitrogen and oxygen atoms in total. The molecule has 3 N–H and O–H groups in total. The fraction of sp³-hybridized carbons (Fsp3) is 0.571. The number of aliphatic hydroxyl groups is 3. The number of aryl methyl sites for hydroxylation is 1. The molecule has 0 radical (unpaired) electrons. The predicted molar refractivity (Wildman–Crippen MR) is 75.0 cm³/mol. The molecule has 1 aromatic rings. The molecule has 1 aliphatic heterocycles. The molecule has 0 bridgehead atoms. The van der Waals surface area contributed by atoms with Crippen molar-refractivity contribution in [3.8, 4) is 0 Å². The Bertz CT molecular complexity index is 424. The van der Waals surface area contributed by atoms with Gasteiger partial charge in [-0.05, 0) is 23.8 Å². The summed E-state index contributed by atoms with van der Waals surface area (Å²) in [7, 11) is 0. The average molecular weight is 284 g/mol. The molecule has 1 saturated heterocycles. The second kappa shape index (κ2) is 6.24. The Morgan fingerprint density at radius 2 is 1.89 bits per heavy atom. The molecule has 0 spiro atoms. The largest absolute Gasteiger partial charge is 0.387 e. The molecule has 2 rings (SSSR count). The highest BCUT2D eigenvalue weighted by atomic mass is 32.2. The highest BCUT2D eigenvalue weighted by Gasteiger charge is 2.43. The van der Waals surface area contributed by atoms with Crippen LogP contribution in [0.1, 0.15) is 24.2 Å². The maximum absolute atomic E-state index is 10.1. The van der Waals surface area contributed by atoms with Crippen molar-refractivity contribution in [1.82, 2.24) is 0 Å². The Morgan fingerprint density at radius 1 is 1.16 bits per heavy atom. The number of aliphatic hydroxyl groups excluding tert-OH is 3. The van der Waals surface area contributed by atoms with Crippen molar-refractivity contribution in [1.29, 1.82) is 0 Å². The van der Waals surface area contributed by atoms with Gasteiger partial charge in [0, 0.05) is 0 Å². The van der Waals surface area contributed by atoms with Crippen LogP contribution in [-0.4, -0.2) is 45.3 Å². The first-order valence-corrected chi connectivity index (χ1v) is 7.68. The highest BCUT2D eigenvalue weighted by Crippen LogP contribution is 2.35. The lowest BCUT2D eigenvalue weighted by Gasteiger charge is -2.40. The third-order valence-corrected chi connectivity index (χ3v) is 4.34. The van der Waals surface area contributed by atoms with Gasteiger partial charge in [-0.15, -0.1) is 11.8 Å². The van der Waals surface area contributed by atoms with Gasteiger partial charge < -0.3 is 20.1 Å². The van der Waals surface area contributed by atoms with Crippen molar-refractivity contribution >= 4 is 11.8 Å². The smallest absolute Gasteiger partial charge is 0.132 e. The van der Waals surface area contributed by atoms with Gasteiger partial charge >= 0.3 is 0 Å². The van der Waals surface area contributed by atoms with Crippen LogP contribution in [0.3, 0.4) is 0 Å². The van der Waals surface area contributed by atoms with Gasteiger partial charge in [0.2, 0.25) is 0 Å². The maximum Gasteiger partial charge on any atom is 0.132 e. The Labute approximate surface area is 117 Å². The van der Waals surface area contributed by atoms with E-state index in [2.05, 4.69) is 6.92 Å². The van der Waals surface area contributed by atoms with E-state index in [-0.39, 0.29) is 0 Å². The van der Waals surface area contributed by atoms with Crippen LogP contribution in [-0.2, 0) is 11.2 Å². The summed E-state index contributed by atoms with van der Waals surface area (Å²) in [4.78, 5) is 0. The van der Waals surface area contributed by atoms with Crippen LogP contribution < -0.4 is 0 Å². The van der Waals surface area contributed by atoms with E-state index in [0.29, 0.717) is 0 Å². The van der Waals surface area contributed by atoms with Gasteiger partial charge in [-0.3, -0.25) is 0 Å². The molecular weight excluding hydrogens is 264 g/mol. The monoisotopic (exact) mass is 284 g/mol. The number of hydrogen-bond acceptors (Lipinski definition) is 5. The molecule has 1 aromatic carbocycles. The third-order valence-electron chi connectivity index (χ3n) is 3.49. The minimum Gasteiger partial charge on any atom is -0.387 e. The molecule has 1 heterocycles. The van der Waals surface area contributed by atoms with Gasteiger partial charge in [-0.2, -0.15) is 0 Å². The van der Waals surface area contributed by atoms with Gasteiger partial charge in [-0.25, -0.2) is 0 Å². The number of rotatable bonds is 3. The van der Waals surface area contributed by atoms with Crippen molar-refractivity contribution in [3.05, 3.63) is 35.4 Å². The maximum atomic E-state index is 10.1. The molecule has 0 aliphatic carbocycles. The van der Waals surface area contributed by atoms with E-state index in [9.17, 15) is 15.3 Å². The fourth-order valence-electron chi connectivity index (χ4n) is 2.31. The van der Waals surface area contributed by atoms with Crippen molar-refractivity contribution < 1.29 is 20.1 Å². The normalized spacial score (nSPS) is 35.3. The van der Waals surface area contributed by atoms with Gasteiger partial charge in [0.25, 0.3) is 0 Å². The summed E-state index contributed by atoms with van der Waals surface area (Å²) in [5.74, 6) is 0. The van der Waals surface area contributed by atoms with Crippen molar-refractivity contribution in [2.24, 2.45) is 0 Å². The van der Waals surface area contributed by atoms with E-state index in [1.54, 1.807) is 6.26 Å². The van der Waals surface area contributed by atoms with E-state index < -0.39 is 29.9 Å². The first-order valence-electron chi connectivity index (χ1n) is 6.39. The summed E-state index contributed by atoms with van der Waals surface area (Å²) in [6.07, 6.45) is -1.30. The molecule has 106 valence electrons. The molecule has 0 amide bonds. The van der Waals surface area contributed by atoms with Gasteiger partial charge in [0.1, 0.15) is 29.9 Å². The second-order valence-corrected chi connectivity index (χ2v) is 5.67. The third kappa shape index (κ3) is 2.95. The lowest BCUT2D eigenvalue weighted by molar-refractivity contribution is -0.200. The molecule has 5 atom stereocenters. The zero-order valence-electron chi connectivity index (χ0n) is 11.1. The zero-order valence-corrected chi connectivity index (χ0v) is 11.9. The van der Waals surface area contributed by atoms with E-state index in [1.165, 1.54) is 11.8 Å². The summed E-state index contributed by atoms with van der Waals surface area (Å²) in [6.45, 7) is 2.06. The standard InChI is InChI=1S/C14H20O4S/c1-3-8-5-4-6-9(7-8)13-11(16)10(15)12(17)14(18-13)19-2/h4-7,10-17H,3H2,1-2H3/t10-,11-,12+,13+,14-/m1/s1. The predicted octanol–water partition coefficient (Wildman–Crippen LogP) is 1.09.